The van der Waals surface area contributed by atoms with Gasteiger partial charge in [0.25, 0.3) is 5.91 Å². The van der Waals surface area contributed by atoms with E-state index in [1.165, 1.54) is 0 Å². The Balaban J connectivity index is 1.60. The maximum Gasteiger partial charge on any atom is 0.256 e. The van der Waals surface area contributed by atoms with Crippen LogP contribution in [0.2, 0.25) is 0 Å². The lowest BCUT2D eigenvalue weighted by molar-refractivity contribution is 0.102. The number of aromatic nitrogens is 3. The predicted octanol–water partition coefficient (Wildman–Crippen LogP) is 5.53. The van der Waals surface area contributed by atoms with Gasteiger partial charge in [0, 0.05) is 17.3 Å². The van der Waals surface area contributed by atoms with Crippen LogP contribution in [0.25, 0.3) is 11.0 Å². The average Bonchev–Trinajstić information content (AvgIpc) is 3.56. The van der Waals surface area contributed by atoms with Crippen molar-refractivity contribution in [1.29, 1.82) is 0 Å². The molecule has 2 aromatic heterocycles. The van der Waals surface area contributed by atoms with E-state index >= 15 is 0 Å². The molecular weight excluding hydrogens is 384 g/mol. The van der Waals surface area contributed by atoms with Crippen molar-refractivity contribution in [3.05, 3.63) is 88.2 Å². The number of nitrogens with one attached hydrogen (secondary N) is 1. The molecule has 5 rings (SSSR count). The SMILES string of the molecule is Cc1ccc(C)c(NC(=O)c2cc(C3CC3)nc3c2c(C)nn3Cc2ccccc2)c1. The molecule has 5 nitrogen and oxygen atoms in total. The number of anilines is 1. The van der Waals surface area contributed by atoms with E-state index in [0.29, 0.717) is 18.0 Å². The van der Waals surface area contributed by atoms with Crippen LogP contribution in [0.5, 0.6) is 0 Å². The quantitative estimate of drug-likeness (QED) is 0.470. The van der Waals surface area contributed by atoms with Crippen molar-refractivity contribution in [3.63, 3.8) is 0 Å². The van der Waals surface area contributed by atoms with Crippen LogP contribution < -0.4 is 5.32 Å². The fourth-order valence-corrected chi connectivity index (χ4v) is 4.07. The zero-order valence-electron chi connectivity index (χ0n) is 18.1. The van der Waals surface area contributed by atoms with Gasteiger partial charge in [0.05, 0.1) is 23.2 Å². The molecule has 1 saturated carbocycles. The van der Waals surface area contributed by atoms with Crippen molar-refractivity contribution < 1.29 is 4.79 Å². The number of amides is 1. The van der Waals surface area contributed by atoms with Crippen molar-refractivity contribution >= 4 is 22.6 Å². The van der Waals surface area contributed by atoms with Gasteiger partial charge in [-0.2, -0.15) is 5.10 Å². The summed E-state index contributed by atoms with van der Waals surface area (Å²) < 4.78 is 1.93. The lowest BCUT2D eigenvalue weighted by Crippen LogP contribution is -2.15. The number of benzene rings is 2. The Bertz CT molecular complexity index is 1290. The Morgan fingerprint density at radius 1 is 1.06 bits per heavy atom. The summed E-state index contributed by atoms with van der Waals surface area (Å²) in [6.07, 6.45) is 2.25. The van der Waals surface area contributed by atoms with Crippen LogP contribution in [0.1, 0.15) is 57.2 Å². The second-order valence-corrected chi connectivity index (χ2v) is 8.57. The summed E-state index contributed by atoms with van der Waals surface area (Å²) >= 11 is 0. The first kappa shape index (κ1) is 19.5. The second-order valence-electron chi connectivity index (χ2n) is 8.57. The highest BCUT2D eigenvalue weighted by Gasteiger charge is 2.29. The van der Waals surface area contributed by atoms with Crippen molar-refractivity contribution in [2.75, 3.05) is 5.32 Å². The Morgan fingerprint density at radius 2 is 1.84 bits per heavy atom. The summed E-state index contributed by atoms with van der Waals surface area (Å²) in [5.41, 5.74) is 7.43. The van der Waals surface area contributed by atoms with Gasteiger partial charge in [-0.05, 0) is 62.4 Å². The van der Waals surface area contributed by atoms with Crippen molar-refractivity contribution in [2.45, 2.75) is 46.1 Å². The van der Waals surface area contributed by atoms with Gasteiger partial charge in [0.15, 0.2) is 5.65 Å². The summed E-state index contributed by atoms with van der Waals surface area (Å²) in [6, 6.07) is 18.3. The number of carbonyl (C=O) groups is 1. The molecule has 4 aromatic rings. The lowest BCUT2D eigenvalue weighted by atomic mass is 10.1. The molecule has 0 spiro atoms. The van der Waals surface area contributed by atoms with E-state index in [1.807, 2.05) is 61.9 Å². The highest BCUT2D eigenvalue weighted by Crippen LogP contribution is 2.40. The molecule has 5 heteroatoms. The van der Waals surface area contributed by atoms with Crippen LogP contribution >= 0.6 is 0 Å². The molecule has 0 unspecified atom stereocenters. The summed E-state index contributed by atoms with van der Waals surface area (Å²) in [5.74, 6) is 0.336. The second kappa shape index (κ2) is 7.65. The molecule has 1 aliphatic rings. The Labute approximate surface area is 182 Å². The van der Waals surface area contributed by atoms with Crippen LogP contribution in [0.15, 0.2) is 54.6 Å². The van der Waals surface area contributed by atoms with Gasteiger partial charge < -0.3 is 5.32 Å². The molecule has 0 saturated heterocycles. The molecule has 0 radical (unpaired) electrons. The van der Waals surface area contributed by atoms with Crippen LogP contribution in [0, 0.1) is 20.8 Å². The van der Waals surface area contributed by atoms with Gasteiger partial charge in [-0.1, -0.05) is 42.5 Å². The van der Waals surface area contributed by atoms with Crippen LogP contribution in [-0.4, -0.2) is 20.7 Å². The number of rotatable bonds is 5. The van der Waals surface area contributed by atoms with Gasteiger partial charge in [-0.3, -0.25) is 4.79 Å². The molecule has 0 bridgehead atoms. The number of nitrogens with zero attached hydrogens (tertiary/aromatic N) is 3. The number of pyridine rings is 1. The van der Waals surface area contributed by atoms with Gasteiger partial charge in [0.1, 0.15) is 0 Å². The molecule has 1 fully saturated rings. The highest BCUT2D eigenvalue weighted by atomic mass is 16.1. The van der Waals surface area contributed by atoms with Gasteiger partial charge in [-0.25, -0.2) is 9.67 Å². The molecule has 0 aliphatic heterocycles. The van der Waals surface area contributed by atoms with Crippen molar-refractivity contribution in [2.24, 2.45) is 0 Å². The minimum absolute atomic E-state index is 0.106. The van der Waals surface area contributed by atoms with Gasteiger partial charge in [-0.15, -0.1) is 0 Å². The largest absolute Gasteiger partial charge is 0.322 e. The average molecular weight is 411 g/mol. The molecule has 156 valence electrons. The molecule has 2 heterocycles. The summed E-state index contributed by atoms with van der Waals surface area (Å²) in [4.78, 5) is 18.4. The Kier molecular flexibility index (Phi) is 4.81. The molecular formula is C26H26N4O. The third kappa shape index (κ3) is 3.83. The fourth-order valence-electron chi connectivity index (χ4n) is 4.07. The minimum atomic E-state index is -0.106. The first-order valence-corrected chi connectivity index (χ1v) is 10.8. The third-order valence-electron chi connectivity index (χ3n) is 5.95. The molecule has 1 N–H and O–H groups in total. The van der Waals surface area contributed by atoms with E-state index in [0.717, 1.165) is 57.6 Å². The minimum Gasteiger partial charge on any atom is -0.322 e. The van der Waals surface area contributed by atoms with Crippen molar-refractivity contribution in [1.82, 2.24) is 14.8 Å². The highest BCUT2D eigenvalue weighted by molar-refractivity contribution is 6.13. The monoisotopic (exact) mass is 410 g/mol. The third-order valence-corrected chi connectivity index (χ3v) is 5.95. The number of carbonyl (C=O) groups excluding carboxylic acids is 1. The predicted molar refractivity (Wildman–Crippen MR) is 124 cm³/mol. The standard InChI is InChI=1S/C26H26N4O/c1-16-9-10-17(2)22(13-16)28-26(31)21-14-23(20-11-12-20)27-25-24(21)18(3)29-30(25)15-19-7-5-4-6-8-19/h4-10,13-14,20H,11-12,15H2,1-3H3,(H,28,31). The van der Waals surface area contributed by atoms with E-state index in [4.69, 9.17) is 10.1 Å². The maximum atomic E-state index is 13.4. The smallest absolute Gasteiger partial charge is 0.256 e. The summed E-state index contributed by atoms with van der Waals surface area (Å²) in [7, 11) is 0. The summed E-state index contributed by atoms with van der Waals surface area (Å²) in [6.45, 7) is 6.63. The van der Waals surface area contributed by atoms with Crippen LogP contribution in [0.3, 0.4) is 0 Å². The first-order chi connectivity index (χ1) is 15.0. The zero-order valence-corrected chi connectivity index (χ0v) is 18.1. The Hall–Kier alpha value is -3.47. The molecule has 2 aromatic carbocycles. The molecule has 1 amide bonds. The maximum absolute atomic E-state index is 13.4. The van der Waals surface area contributed by atoms with Crippen LogP contribution in [-0.2, 0) is 6.54 Å². The number of hydrogen-bond donors (Lipinski definition) is 1. The van der Waals surface area contributed by atoms with Gasteiger partial charge in [0.2, 0.25) is 0 Å². The number of fused-ring (bicyclic) bond motifs is 1. The topological polar surface area (TPSA) is 59.8 Å². The van der Waals surface area contributed by atoms with Crippen LogP contribution in [0.4, 0.5) is 5.69 Å². The van der Waals surface area contributed by atoms with E-state index in [9.17, 15) is 4.79 Å². The number of aryl methyl sites for hydroxylation is 3. The van der Waals surface area contributed by atoms with Gasteiger partial charge >= 0.3 is 0 Å². The molecule has 1 aliphatic carbocycles. The number of hydrogen-bond acceptors (Lipinski definition) is 3. The zero-order chi connectivity index (χ0) is 21.5. The van der Waals surface area contributed by atoms with Crippen molar-refractivity contribution in [3.8, 4) is 0 Å². The van der Waals surface area contributed by atoms with E-state index in [2.05, 4.69) is 23.5 Å². The van der Waals surface area contributed by atoms with E-state index in [1.54, 1.807) is 0 Å². The normalized spacial score (nSPS) is 13.5. The lowest BCUT2D eigenvalue weighted by Gasteiger charge is -2.12. The molecule has 0 atom stereocenters. The van der Waals surface area contributed by atoms with E-state index < -0.39 is 0 Å². The summed E-state index contributed by atoms with van der Waals surface area (Å²) in [5, 5.41) is 8.73. The first-order valence-electron chi connectivity index (χ1n) is 10.8. The molecule has 31 heavy (non-hydrogen) atoms. The Morgan fingerprint density at radius 3 is 2.58 bits per heavy atom. The van der Waals surface area contributed by atoms with E-state index in [-0.39, 0.29) is 5.91 Å². The fraction of sp³-hybridized carbons (Fsp3) is 0.269.